The average Bonchev–Trinajstić information content (AvgIpc) is 3.31. The highest BCUT2D eigenvalue weighted by Crippen LogP contribution is 2.60. The van der Waals surface area contributed by atoms with Crippen LogP contribution in [-0.2, 0) is 14.4 Å². The molecule has 2 saturated carbocycles. The lowest BCUT2D eigenvalue weighted by Gasteiger charge is -2.28. The number of rotatable bonds is 7. The second-order valence-corrected chi connectivity index (χ2v) is 10.4. The molecule has 156 valence electrons. The number of nitrogens with zero attached hydrogens (tertiary/aromatic N) is 1. The van der Waals surface area contributed by atoms with Gasteiger partial charge in [-0.3, -0.25) is 19.3 Å². The molecule has 6 atom stereocenters. The molecule has 4 rings (SSSR count). The van der Waals surface area contributed by atoms with E-state index in [1.54, 1.807) is 24.3 Å². The summed E-state index contributed by atoms with van der Waals surface area (Å²) < 4.78 is 5.37. The molecule has 0 unspecified atom stereocenters. The topological polar surface area (TPSA) is 63.7 Å². The van der Waals surface area contributed by atoms with Gasteiger partial charge in [-0.25, -0.2) is 0 Å². The number of benzene rings is 1. The zero-order valence-electron chi connectivity index (χ0n) is 16.4. The number of imide groups is 1. The van der Waals surface area contributed by atoms with Gasteiger partial charge in [-0.15, -0.1) is 0 Å². The lowest BCUT2D eigenvalue weighted by Crippen LogP contribution is -2.37. The minimum Gasteiger partial charge on any atom is -0.427 e. The summed E-state index contributed by atoms with van der Waals surface area (Å²) in [6.45, 7) is 2.13. The maximum absolute atomic E-state index is 13.1. The molecule has 1 heterocycles. The first-order valence-corrected chi connectivity index (χ1v) is 12.2. The molecule has 2 bridgehead atoms. The molecule has 0 N–H and O–H groups in total. The number of amides is 2. The minimum absolute atomic E-state index is 0.1000. The van der Waals surface area contributed by atoms with Crippen LogP contribution in [0.1, 0.15) is 45.4 Å². The van der Waals surface area contributed by atoms with Crippen LogP contribution in [0.5, 0.6) is 5.75 Å². The molecule has 1 aliphatic heterocycles. The van der Waals surface area contributed by atoms with Crippen molar-refractivity contribution in [1.82, 2.24) is 0 Å². The fraction of sp³-hybridized carbons (Fsp3) is 0.591. The monoisotopic (exact) mass is 525 g/mol. The molecule has 3 aliphatic rings. The Balaban J connectivity index is 1.42. The van der Waals surface area contributed by atoms with Crippen molar-refractivity contribution in [2.24, 2.45) is 23.7 Å². The van der Waals surface area contributed by atoms with Crippen molar-refractivity contribution in [3.63, 3.8) is 0 Å². The lowest BCUT2D eigenvalue weighted by atomic mass is 9.81. The highest BCUT2D eigenvalue weighted by molar-refractivity contribution is 9.12. The summed E-state index contributed by atoms with van der Waals surface area (Å²) in [5, 5.41) is 0. The largest absolute Gasteiger partial charge is 0.427 e. The van der Waals surface area contributed by atoms with Crippen molar-refractivity contribution in [3.8, 4) is 5.75 Å². The Kier molecular flexibility index (Phi) is 6.17. The van der Waals surface area contributed by atoms with Crippen LogP contribution in [0.25, 0.3) is 0 Å². The van der Waals surface area contributed by atoms with Crippen molar-refractivity contribution in [2.75, 3.05) is 4.90 Å². The zero-order valence-corrected chi connectivity index (χ0v) is 19.5. The second kappa shape index (κ2) is 8.50. The number of fused-ring (bicyclic) bond motifs is 5. The van der Waals surface area contributed by atoms with E-state index in [0.29, 0.717) is 17.9 Å². The predicted octanol–water partition coefficient (Wildman–Crippen LogP) is 4.84. The van der Waals surface area contributed by atoms with Crippen molar-refractivity contribution in [1.29, 1.82) is 0 Å². The standard InChI is InChI=1S/C22H25Br2NO4/c1-2-3-4-5-6-16(26)29-13-9-7-12(8-10-13)25-21(27)17-14-11-15(18(17)22(25)28)20(24)19(14)23/h7-10,14-15,17-20H,2-6,11H2,1H3/t14-,15-,17-,18-,19-,20+/m0/s1. The van der Waals surface area contributed by atoms with E-state index in [9.17, 15) is 14.4 Å². The molecule has 2 aliphatic carbocycles. The Morgan fingerprint density at radius 2 is 1.59 bits per heavy atom. The maximum Gasteiger partial charge on any atom is 0.311 e. The number of ether oxygens (including phenoxy) is 1. The molecule has 5 nitrogen and oxygen atoms in total. The van der Waals surface area contributed by atoms with Crippen molar-refractivity contribution in [2.45, 2.75) is 55.1 Å². The number of anilines is 1. The van der Waals surface area contributed by atoms with Gasteiger partial charge in [0.2, 0.25) is 11.8 Å². The summed E-state index contributed by atoms with van der Waals surface area (Å²) in [5.74, 6) is -0.0752. The molecule has 0 aromatic heterocycles. The van der Waals surface area contributed by atoms with Gasteiger partial charge in [-0.05, 0) is 48.9 Å². The smallest absolute Gasteiger partial charge is 0.311 e. The molecule has 0 radical (unpaired) electrons. The third kappa shape index (κ3) is 3.69. The van der Waals surface area contributed by atoms with Gasteiger partial charge < -0.3 is 4.74 Å². The number of alkyl halides is 2. The van der Waals surface area contributed by atoms with E-state index in [4.69, 9.17) is 4.74 Å². The maximum atomic E-state index is 13.1. The summed E-state index contributed by atoms with van der Waals surface area (Å²) in [7, 11) is 0. The average molecular weight is 527 g/mol. The van der Waals surface area contributed by atoms with Gasteiger partial charge in [0.1, 0.15) is 5.75 Å². The number of hydrogen-bond donors (Lipinski definition) is 0. The van der Waals surface area contributed by atoms with Crippen LogP contribution >= 0.6 is 31.9 Å². The first kappa shape index (κ1) is 21.0. The first-order chi connectivity index (χ1) is 13.9. The van der Waals surface area contributed by atoms with Gasteiger partial charge >= 0.3 is 5.97 Å². The van der Waals surface area contributed by atoms with Gasteiger partial charge in [0, 0.05) is 16.1 Å². The van der Waals surface area contributed by atoms with Gasteiger partial charge in [0.25, 0.3) is 0 Å². The van der Waals surface area contributed by atoms with Gasteiger partial charge in [0.05, 0.1) is 17.5 Å². The summed E-state index contributed by atoms with van der Waals surface area (Å²) in [6.07, 6.45) is 5.42. The molecule has 7 heteroatoms. The third-order valence-electron chi connectivity index (χ3n) is 6.55. The van der Waals surface area contributed by atoms with Crippen LogP contribution < -0.4 is 9.64 Å². The molecular formula is C22H25Br2NO4. The van der Waals surface area contributed by atoms with Crippen molar-refractivity contribution >= 4 is 55.3 Å². The van der Waals surface area contributed by atoms with E-state index < -0.39 is 0 Å². The quantitative estimate of drug-likeness (QED) is 0.167. The molecule has 1 saturated heterocycles. The van der Waals surface area contributed by atoms with Crippen LogP contribution in [0.2, 0.25) is 0 Å². The number of unbranched alkanes of at least 4 members (excludes halogenated alkanes) is 3. The zero-order chi connectivity index (χ0) is 20.7. The molecule has 3 fully saturated rings. The second-order valence-electron chi connectivity index (χ2n) is 8.29. The number of hydrogen-bond acceptors (Lipinski definition) is 4. The van der Waals surface area contributed by atoms with Gasteiger partial charge in [0.15, 0.2) is 0 Å². The molecule has 2 amide bonds. The summed E-state index contributed by atoms with van der Waals surface area (Å²) >= 11 is 7.40. The summed E-state index contributed by atoms with van der Waals surface area (Å²) in [4.78, 5) is 39.8. The Morgan fingerprint density at radius 3 is 2.14 bits per heavy atom. The van der Waals surface area contributed by atoms with Crippen LogP contribution in [0.15, 0.2) is 24.3 Å². The van der Waals surface area contributed by atoms with Crippen molar-refractivity contribution < 1.29 is 19.1 Å². The van der Waals surface area contributed by atoms with E-state index in [1.807, 2.05) is 0 Å². The summed E-state index contributed by atoms with van der Waals surface area (Å²) in [5.41, 5.74) is 0.550. The Hall–Kier alpha value is -1.21. The fourth-order valence-corrected chi connectivity index (χ4v) is 7.02. The normalized spacial score (nSPS) is 32.7. The summed E-state index contributed by atoms with van der Waals surface area (Å²) in [6, 6.07) is 6.69. The van der Waals surface area contributed by atoms with Crippen LogP contribution in [0.3, 0.4) is 0 Å². The van der Waals surface area contributed by atoms with E-state index in [0.717, 1.165) is 32.1 Å². The van der Waals surface area contributed by atoms with E-state index >= 15 is 0 Å². The minimum atomic E-state index is -0.250. The first-order valence-electron chi connectivity index (χ1n) is 10.4. The molecule has 29 heavy (non-hydrogen) atoms. The van der Waals surface area contributed by atoms with Crippen LogP contribution in [0, 0.1) is 23.7 Å². The Bertz CT molecular complexity index is 780. The lowest BCUT2D eigenvalue weighted by molar-refractivity contribution is -0.134. The van der Waals surface area contributed by atoms with Crippen LogP contribution in [-0.4, -0.2) is 27.4 Å². The molecule has 1 aromatic carbocycles. The number of esters is 1. The number of carbonyl (C=O) groups excluding carboxylic acids is 3. The van der Waals surface area contributed by atoms with Crippen molar-refractivity contribution in [3.05, 3.63) is 24.3 Å². The molecular weight excluding hydrogens is 502 g/mol. The SMILES string of the molecule is CCCCCCC(=O)Oc1ccc(N2C(=O)[C@H]3[C@@H]4C[C@H]([C@@H](Br)[C@H]4Br)[C@@H]3C2=O)cc1. The van der Waals surface area contributed by atoms with E-state index in [1.165, 1.54) is 4.90 Å². The highest BCUT2D eigenvalue weighted by atomic mass is 79.9. The highest BCUT2D eigenvalue weighted by Gasteiger charge is 2.66. The molecule has 1 aromatic rings. The van der Waals surface area contributed by atoms with E-state index in [-0.39, 0.29) is 51.1 Å². The molecule has 0 spiro atoms. The van der Waals surface area contributed by atoms with Gasteiger partial charge in [-0.1, -0.05) is 58.0 Å². The predicted molar refractivity (Wildman–Crippen MR) is 117 cm³/mol. The Labute approximate surface area is 187 Å². The number of carbonyl (C=O) groups is 3. The van der Waals surface area contributed by atoms with Crippen LogP contribution in [0.4, 0.5) is 5.69 Å². The Morgan fingerprint density at radius 1 is 1.00 bits per heavy atom. The van der Waals surface area contributed by atoms with Gasteiger partial charge in [-0.2, -0.15) is 0 Å². The third-order valence-corrected chi connectivity index (χ3v) is 9.75. The number of halogens is 2. The van der Waals surface area contributed by atoms with E-state index in [2.05, 4.69) is 38.8 Å². The fourth-order valence-electron chi connectivity index (χ4n) is 5.15.